The van der Waals surface area contributed by atoms with E-state index in [1.807, 2.05) is 30.3 Å². The Labute approximate surface area is 117 Å². The van der Waals surface area contributed by atoms with Crippen molar-refractivity contribution in [3.05, 3.63) is 35.9 Å². The maximum Gasteiger partial charge on any atom is 0.410 e. The van der Waals surface area contributed by atoms with Gasteiger partial charge >= 0.3 is 6.09 Å². The summed E-state index contributed by atoms with van der Waals surface area (Å²) in [6.07, 6.45) is 0.448. The molecule has 2 rings (SSSR count). The predicted molar refractivity (Wildman–Crippen MR) is 72.0 cm³/mol. The minimum atomic E-state index is -1.46. The number of alkyl halides is 1. The molecule has 0 aliphatic carbocycles. The summed E-state index contributed by atoms with van der Waals surface area (Å²) in [4.78, 5) is 23.8. The summed E-state index contributed by atoms with van der Waals surface area (Å²) < 4.78 is 19.2. The maximum atomic E-state index is 14.1. The number of halogens is 1. The van der Waals surface area contributed by atoms with Gasteiger partial charge in [0.2, 0.25) is 0 Å². The summed E-state index contributed by atoms with van der Waals surface area (Å²) >= 11 is 0. The van der Waals surface area contributed by atoms with Gasteiger partial charge in [0.25, 0.3) is 0 Å². The number of carbonyl (C=O) groups excluding carboxylic acids is 2. The predicted octanol–water partition coefficient (Wildman–Crippen LogP) is 2.72. The van der Waals surface area contributed by atoms with Gasteiger partial charge in [-0.15, -0.1) is 0 Å². The van der Waals surface area contributed by atoms with Crippen molar-refractivity contribution in [1.29, 1.82) is 0 Å². The number of hydrogen-bond donors (Lipinski definition) is 0. The molecule has 20 heavy (non-hydrogen) atoms. The summed E-state index contributed by atoms with van der Waals surface area (Å²) in [6, 6.07) is 9.39. The molecular formula is C15H18FNO3. The van der Waals surface area contributed by atoms with Crippen molar-refractivity contribution < 1.29 is 18.7 Å². The number of rotatable bonds is 4. The lowest BCUT2D eigenvalue weighted by molar-refractivity contribution is -0.111. The van der Waals surface area contributed by atoms with Crippen molar-refractivity contribution in [3.63, 3.8) is 0 Å². The van der Waals surface area contributed by atoms with Gasteiger partial charge in [0.05, 0.1) is 0 Å². The van der Waals surface area contributed by atoms with Crippen LogP contribution in [0.25, 0.3) is 0 Å². The molecule has 0 unspecified atom stereocenters. The fourth-order valence-electron chi connectivity index (χ4n) is 2.25. The normalized spacial score (nSPS) is 17.6. The van der Waals surface area contributed by atoms with E-state index in [9.17, 15) is 14.0 Å². The molecule has 0 spiro atoms. The summed E-state index contributed by atoms with van der Waals surface area (Å²) in [6.45, 7) is 0.793. The topological polar surface area (TPSA) is 46.6 Å². The zero-order valence-electron chi connectivity index (χ0n) is 11.3. The molecule has 1 aliphatic heterocycles. The molecule has 5 heteroatoms. The average molecular weight is 279 g/mol. The van der Waals surface area contributed by atoms with E-state index in [0.29, 0.717) is 6.29 Å². The van der Waals surface area contributed by atoms with Gasteiger partial charge in [-0.1, -0.05) is 30.3 Å². The molecular weight excluding hydrogens is 261 g/mol. The van der Waals surface area contributed by atoms with E-state index in [0.717, 1.165) is 5.56 Å². The van der Waals surface area contributed by atoms with Crippen LogP contribution in [0.1, 0.15) is 24.8 Å². The fraction of sp³-hybridized carbons (Fsp3) is 0.467. The van der Waals surface area contributed by atoms with Gasteiger partial charge in [-0.2, -0.15) is 0 Å². The number of nitrogens with zero attached hydrogens (tertiary/aromatic N) is 1. The Kier molecular flexibility index (Phi) is 4.71. The molecule has 1 saturated heterocycles. The molecule has 1 aliphatic rings. The first kappa shape index (κ1) is 14.5. The number of carbonyl (C=O) groups is 2. The van der Waals surface area contributed by atoms with Crippen LogP contribution < -0.4 is 0 Å². The molecule has 0 bridgehead atoms. The highest BCUT2D eigenvalue weighted by Crippen LogP contribution is 2.29. The van der Waals surface area contributed by atoms with Crippen molar-refractivity contribution >= 4 is 12.4 Å². The first-order valence-corrected chi connectivity index (χ1v) is 6.71. The number of ether oxygens (including phenoxy) is 1. The average Bonchev–Trinajstić information content (AvgIpc) is 2.47. The van der Waals surface area contributed by atoms with Crippen molar-refractivity contribution in [2.75, 3.05) is 13.1 Å². The van der Waals surface area contributed by atoms with E-state index in [1.165, 1.54) is 4.90 Å². The van der Waals surface area contributed by atoms with E-state index in [-0.39, 0.29) is 39.0 Å². The lowest BCUT2D eigenvalue weighted by Gasteiger charge is -2.34. The summed E-state index contributed by atoms with van der Waals surface area (Å²) in [5.74, 6) is 0. The third kappa shape index (κ3) is 3.79. The Hall–Kier alpha value is -1.91. The summed E-state index contributed by atoms with van der Waals surface area (Å²) in [5.41, 5.74) is -0.545. The quantitative estimate of drug-likeness (QED) is 0.796. The van der Waals surface area contributed by atoms with E-state index in [2.05, 4.69) is 0 Å². The molecule has 1 aromatic rings. The van der Waals surface area contributed by atoms with Gasteiger partial charge in [-0.25, -0.2) is 9.18 Å². The lowest BCUT2D eigenvalue weighted by atomic mass is 9.91. The van der Waals surface area contributed by atoms with E-state index in [1.54, 1.807) is 0 Å². The number of likely N-dealkylation sites (tertiary alicyclic amines) is 1. The monoisotopic (exact) mass is 279 g/mol. The van der Waals surface area contributed by atoms with Crippen LogP contribution in [-0.4, -0.2) is 36.0 Å². The Morgan fingerprint density at radius 3 is 2.55 bits per heavy atom. The zero-order valence-corrected chi connectivity index (χ0v) is 11.3. The van der Waals surface area contributed by atoms with Crippen LogP contribution in [0.3, 0.4) is 0 Å². The van der Waals surface area contributed by atoms with Gasteiger partial charge in [0.1, 0.15) is 18.6 Å². The number of benzene rings is 1. The van der Waals surface area contributed by atoms with E-state index < -0.39 is 11.8 Å². The first-order valence-electron chi connectivity index (χ1n) is 6.71. The molecule has 1 amide bonds. The molecule has 1 fully saturated rings. The number of amides is 1. The molecule has 0 atom stereocenters. The molecule has 1 heterocycles. The molecule has 0 saturated carbocycles. The van der Waals surface area contributed by atoms with Crippen LogP contribution in [0.4, 0.5) is 9.18 Å². The fourth-order valence-corrected chi connectivity index (χ4v) is 2.25. The third-order valence-corrected chi connectivity index (χ3v) is 3.57. The van der Waals surface area contributed by atoms with Crippen LogP contribution in [0.2, 0.25) is 0 Å². The van der Waals surface area contributed by atoms with Crippen LogP contribution in [-0.2, 0) is 16.1 Å². The Morgan fingerprint density at radius 2 is 1.95 bits per heavy atom. The molecule has 4 nitrogen and oxygen atoms in total. The van der Waals surface area contributed by atoms with Crippen molar-refractivity contribution in [1.82, 2.24) is 4.90 Å². The van der Waals surface area contributed by atoms with Gasteiger partial charge in [0, 0.05) is 19.5 Å². The first-order chi connectivity index (χ1) is 9.63. The summed E-state index contributed by atoms with van der Waals surface area (Å²) in [7, 11) is 0. The Balaban J connectivity index is 1.79. The third-order valence-electron chi connectivity index (χ3n) is 3.57. The van der Waals surface area contributed by atoms with Crippen LogP contribution in [0.15, 0.2) is 30.3 Å². The smallest absolute Gasteiger partial charge is 0.410 e. The molecule has 0 radical (unpaired) electrons. The molecule has 108 valence electrons. The number of aldehydes is 1. The van der Waals surface area contributed by atoms with Crippen LogP contribution in [0, 0.1) is 0 Å². The second-order valence-electron chi connectivity index (χ2n) is 5.05. The van der Waals surface area contributed by atoms with Gasteiger partial charge in [-0.05, 0) is 18.4 Å². The highest BCUT2D eigenvalue weighted by molar-refractivity contribution is 5.67. The van der Waals surface area contributed by atoms with Crippen LogP contribution >= 0.6 is 0 Å². The van der Waals surface area contributed by atoms with Crippen molar-refractivity contribution in [2.24, 2.45) is 0 Å². The number of hydrogen-bond acceptors (Lipinski definition) is 3. The number of piperidine rings is 1. The lowest BCUT2D eigenvalue weighted by Crippen LogP contribution is -2.44. The summed E-state index contributed by atoms with van der Waals surface area (Å²) in [5, 5.41) is 0. The van der Waals surface area contributed by atoms with Crippen LogP contribution in [0.5, 0.6) is 0 Å². The molecule has 1 aromatic carbocycles. The Bertz CT molecular complexity index is 455. The van der Waals surface area contributed by atoms with Gasteiger partial charge in [-0.3, -0.25) is 0 Å². The second kappa shape index (κ2) is 6.50. The highest BCUT2D eigenvalue weighted by atomic mass is 19.1. The van der Waals surface area contributed by atoms with Gasteiger partial charge in [0.15, 0.2) is 0 Å². The van der Waals surface area contributed by atoms with E-state index >= 15 is 0 Å². The standard InChI is InChI=1S/C15H18FNO3/c16-15(8-11-18)6-9-17(10-7-15)14(19)20-12-13-4-2-1-3-5-13/h1-5,11H,6-10,12H2. The maximum absolute atomic E-state index is 14.1. The zero-order chi connectivity index (χ0) is 14.4. The SMILES string of the molecule is O=CCC1(F)CCN(C(=O)OCc2ccccc2)CC1. The Morgan fingerprint density at radius 1 is 1.30 bits per heavy atom. The second-order valence-corrected chi connectivity index (χ2v) is 5.05. The van der Waals surface area contributed by atoms with Crippen molar-refractivity contribution in [3.8, 4) is 0 Å². The molecule has 0 aromatic heterocycles. The highest BCUT2D eigenvalue weighted by Gasteiger charge is 2.35. The largest absolute Gasteiger partial charge is 0.445 e. The molecule has 0 N–H and O–H groups in total. The minimum Gasteiger partial charge on any atom is -0.445 e. The van der Waals surface area contributed by atoms with E-state index in [4.69, 9.17) is 4.74 Å². The van der Waals surface area contributed by atoms with Gasteiger partial charge < -0.3 is 14.4 Å². The minimum absolute atomic E-state index is 0.0973. The van der Waals surface area contributed by atoms with Crippen molar-refractivity contribution in [2.45, 2.75) is 31.5 Å².